The molecule has 1 unspecified atom stereocenters. The molecule has 0 saturated carbocycles. The standard InChI is InChI=1S/C18H17ClN2O2S/c1-18(16(22)20-11-12-6-5-7-13(19)10-12)17(23)21(2)14-8-3-4-9-15(14)24-18/h3-10H,11H2,1-2H3,(H,20,22). The van der Waals surface area contributed by atoms with Crippen LogP contribution in [0.1, 0.15) is 12.5 Å². The van der Waals surface area contributed by atoms with Gasteiger partial charge in [0.05, 0.1) is 5.69 Å². The molecule has 0 aromatic heterocycles. The van der Waals surface area contributed by atoms with Crippen LogP contribution in [0.4, 0.5) is 5.69 Å². The molecule has 1 aliphatic rings. The van der Waals surface area contributed by atoms with Gasteiger partial charge in [-0.05, 0) is 36.8 Å². The van der Waals surface area contributed by atoms with Crippen LogP contribution in [0, 0.1) is 0 Å². The zero-order chi connectivity index (χ0) is 17.3. The number of halogens is 1. The molecule has 1 N–H and O–H groups in total. The van der Waals surface area contributed by atoms with E-state index in [1.165, 1.54) is 11.8 Å². The highest BCUT2D eigenvalue weighted by Crippen LogP contribution is 2.44. The predicted octanol–water partition coefficient (Wildman–Crippen LogP) is 3.48. The molecule has 6 heteroatoms. The van der Waals surface area contributed by atoms with E-state index in [9.17, 15) is 9.59 Å². The molecule has 0 aliphatic carbocycles. The molecule has 124 valence electrons. The van der Waals surface area contributed by atoms with Gasteiger partial charge in [-0.15, -0.1) is 0 Å². The van der Waals surface area contributed by atoms with Gasteiger partial charge in [-0.25, -0.2) is 0 Å². The summed E-state index contributed by atoms with van der Waals surface area (Å²) in [6.45, 7) is 1.99. The summed E-state index contributed by atoms with van der Waals surface area (Å²) in [6, 6.07) is 14.9. The highest BCUT2D eigenvalue weighted by molar-refractivity contribution is 8.02. The van der Waals surface area contributed by atoms with E-state index < -0.39 is 4.75 Å². The maximum absolute atomic E-state index is 12.7. The maximum atomic E-state index is 12.7. The fourth-order valence-electron chi connectivity index (χ4n) is 2.65. The smallest absolute Gasteiger partial charge is 0.252 e. The SMILES string of the molecule is CN1C(=O)C(C)(C(=O)NCc2cccc(Cl)c2)Sc2ccccc21. The van der Waals surface area contributed by atoms with Gasteiger partial charge < -0.3 is 10.2 Å². The molecule has 2 aromatic rings. The third kappa shape index (κ3) is 3.01. The van der Waals surface area contributed by atoms with Gasteiger partial charge in [-0.3, -0.25) is 9.59 Å². The van der Waals surface area contributed by atoms with Crippen LogP contribution in [0.15, 0.2) is 53.4 Å². The fraction of sp³-hybridized carbons (Fsp3) is 0.222. The quantitative estimate of drug-likeness (QED) is 0.852. The Bertz CT molecular complexity index is 811. The molecule has 2 aromatic carbocycles. The molecule has 4 nitrogen and oxygen atoms in total. The largest absolute Gasteiger partial charge is 0.350 e. The van der Waals surface area contributed by atoms with Gasteiger partial charge in [0.1, 0.15) is 0 Å². The third-order valence-electron chi connectivity index (χ3n) is 4.03. The molecule has 0 spiro atoms. The van der Waals surface area contributed by atoms with Gasteiger partial charge in [0.25, 0.3) is 5.91 Å². The zero-order valence-corrected chi connectivity index (χ0v) is 14.9. The molecule has 1 atom stereocenters. The second kappa shape index (κ2) is 6.49. The number of anilines is 1. The summed E-state index contributed by atoms with van der Waals surface area (Å²) in [5.41, 5.74) is 1.72. The zero-order valence-electron chi connectivity index (χ0n) is 13.4. The highest BCUT2D eigenvalue weighted by atomic mass is 35.5. The van der Waals surface area contributed by atoms with Gasteiger partial charge in [-0.2, -0.15) is 0 Å². The van der Waals surface area contributed by atoms with Gasteiger partial charge in [0, 0.05) is 23.5 Å². The van der Waals surface area contributed by atoms with Gasteiger partial charge in [0.2, 0.25) is 5.91 Å². The number of para-hydroxylation sites is 1. The number of nitrogens with zero attached hydrogens (tertiary/aromatic N) is 1. The number of rotatable bonds is 3. The second-order valence-electron chi connectivity index (χ2n) is 5.78. The van der Waals surface area contributed by atoms with E-state index in [4.69, 9.17) is 11.6 Å². The molecular weight excluding hydrogens is 344 g/mol. The molecule has 2 amide bonds. The number of nitrogens with one attached hydrogen (secondary N) is 1. The third-order valence-corrected chi connectivity index (χ3v) is 5.60. The summed E-state index contributed by atoms with van der Waals surface area (Å²) in [7, 11) is 1.70. The lowest BCUT2D eigenvalue weighted by Crippen LogP contribution is -2.55. The summed E-state index contributed by atoms with van der Waals surface area (Å²) in [5.74, 6) is -0.534. The molecule has 1 aliphatic heterocycles. The van der Waals surface area contributed by atoms with E-state index in [-0.39, 0.29) is 11.8 Å². The Kier molecular flexibility index (Phi) is 4.56. The molecule has 1 heterocycles. The molecule has 0 bridgehead atoms. The van der Waals surface area contributed by atoms with E-state index in [1.807, 2.05) is 36.4 Å². The second-order valence-corrected chi connectivity index (χ2v) is 7.68. The topological polar surface area (TPSA) is 49.4 Å². The normalized spacial score (nSPS) is 19.8. The summed E-state index contributed by atoms with van der Waals surface area (Å²) < 4.78 is -1.19. The lowest BCUT2D eigenvalue weighted by atomic mass is 10.1. The van der Waals surface area contributed by atoms with Crippen molar-refractivity contribution in [3.63, 3.8) is 0 Å². The Balaban J connectivity index is 1.80. The van der Waals surface area contributed by atoms with Crippen molar-refractivity contribution in [3.05, 3.63) is 59.1 Å². The van der Waals surface area contributed by atoms with Crippen molar-refractivity contribution in [2.45, 2.75) is 23.1 Å². The number of benzene rings is 2. The number of carbonyl (C=O) groups excluding carboxylic acids is 2. The number of fused-ring (bicyclic) bond motifs is 1. The Morgan fingerprint density at radius 1 is 1.25 bits per heavy atom. The van der Waals surface area contributed by atoms with Crippen LogP contribution in [0.5, 0.6) is 0 Å². The minimum absolute atomic E-state index is 0.227. The number of thioether (sulfide) groups is 1. The van der Waals surface area contributed by atoms with Crippen LogP contribution < -0.4 is 10.2 Å². The number of amides is 2. The van der Waals surface area contributed by atoms with Crippen molar-refractivity contribution < 1.29 is 9.59 Å². The van der Waals surface area contributed by atoms with E-state index >= 15 is 0 Å². The summed E-state index contributed by atoms with van der Waals surface area (Å²) >= 11 is 7.25. The summed E-state index contributed by atoms with van der Waals surface area (Å²) in [6.07, 6.45) is 0. The van der Waals surface area contributed by atoms with Gasteiger partial charge >= 0.3 is 0 Å². The lowest BCUT2D eigenvalue weighted by Gasteiger charge is -2.36. The van der Waals surface area contributed by atoms with E-state index in [2.05, 4.69) is 5.32 Å². The number of carbonyl (C=O) groups is 2. The van der Waals surface area contributed by atoms with E-state index in [0.717, 1.165) is 16.1 Å². The molecule has 0 saturated heterocycles. The van der Waals surface area contributed by atoms with Gasteiger partial charge in [-0.1, -0.05) is 47.6 Å². The summed E-state index contributed by atoms with van der Waals surface area (Å²) in [4.78, 5) is 27.9. The first-order valence-corrected chi connectivity index (χ1v) is 8.70. The first kappa shape index (κ1) is 16.9. The average Bonchev–Trinajstić information content (AvgIpc) is 2.58. The summed E-state index contributed by atoms with van der Waals surface area (Å²) in [5, 5.41) is 3.47. The monoisotopic (exact) mass is 360 g/mol. The Morgan fingerprint density at radius 3 is 2.75 bits per heavy atom. The molecule has 0 radical (unpaired) electrons. The molecule has 3 rings (SSSR count). The fourth-order valence-corrected chi connectivity index (χ4v) is 4.15. The van der Waals surface area contributed by atoms with Crippen molar-refractivity contribution in [2.75, 3.05) is 11.9 Å². The Hall–Kier alpha value is -1.98. The molecular formula is C18H17ClN2O2S. The van der Waals surface area contributed by atoms with Crippen LogP contribution >= 0.6 is 23.4 Å². The van der Waals surface area contributed by atoms with Crippen molar-refractivity contribution in [1.82, 2.24) is 5.32 Å². The highest BCUT2D eigenvalue weighted by Gasteiger charge is 2.48. The van der Waals surface area contributed by atoms with Crippen molar-refractivity contribution >= 4 is 40.9 Å². The van der Waals surface area contributed by atoms with Crippen molar-refractivity contribution in [1.29, 1.82) is 0 Å². The maximum Gasteiger partial charge on any atom is 0.252 e. The lowest BCUT2D eigenvalue weighted by molar-refractivity contribution is -0.131. The van der Waals surface area contributed by atoms with E-state index in [1.54, 1.807) is 31.0 Å². The van der Waals surface area contributed by atoms with Crippen molar-refractivity contribution in [3.8, 4) is 0 Å². The predicted molar refractivity (Wildman–Crippen MR) is 97.4 cm³/mol. The minimum atomic E-state index is -1.19. The van der Waals surface area contributed by atoms with E-state index in [0.29, 0.717) is 11.6 Å². The Morgan fingerprint density at radius 2 is 2.00 bits per heavy atom. The van der Waals surface area contributed by atoms with Crippen LogP contribution in [0.2, 0.25) is 5.02 Å². The van der Waals surface area contributed by atoms with Crippen LogP contribution in [0.3, 0.4) is 0 Å². The first-order valence-electron chi connectivity index (χ1n) is 7.51. The minimum Gasteiger partial charge on any atom is -0.350 e. The Labute approximate surface area is 150 Å². The van der Waals surface area contributed by atoms with Crippen LogP contribution in [-0.2, 0) is 16.1 Å². The molecule has 0 fully saturated rings. The number of hydrogen-bond donors (Lipinski definition) is 1. The number of hydrogen-bond acceptors (Lipinski definition) is 3. The average molecular weight is 361 g/mol. The van der Waals surface area contributed by atoms with Crippen LogP contribution in [0.25, 0.3) is 0 Å². The van der Waals surface area contributed by atoms with Crippen molar-refractivity contribution in [2.24, 2.45) is 0 Å². The van der Waals surface area contributed by atoms with Crippen LogP contribution in [-0.4, -0.2) is 23.6 Å². The van der Waals surface area contributed by atoms with Gasteiger partial charge in [0.15, 0.2) is 4.75 Å². The molecule has 24 heavy (non-hydrogen) atoms. The first-order chi connectivity index (χ1) is 11.4.